The Labute approximate surface area is 144 Å². The highest BCUT2D eigenvalue weighted by molar-refractivity contribution is 5.75. The lowest BCUT2D eigenvalue weighted by Crippen LogP contribution is -2.48. The number of carbonyl (C=O) groups is 1. The summed E-state index contributed by atoms with van der Waals surface area (Å²) in [5.41, 5.74) is 1.69. The Balaban J connectivity index is 1.42. The van der Waals surface area contributed by atoms with Crippen molar-refractivity contribution in [2.75, 3.05) is 13.1 Å². The summed E-state index contributed by atoms with van der Waals surface area (Å²) in [6.07, 6.45) is 8.22. The van der Waals surface area contributed by atoms with Gasteiger partial charge in [-0.05, 0) is 68.8 Å². The summed E-state index contributed by atoms with van der Waals surface area (Å²) in [5, 5.41) is 11.8. The molecule has 24 heavy (non-hydrogen) atoms. The van der Waals surface area contributed by atoms with Gasteiger partial charge in [-0.1, -0.05) is 18.6 Å². The van der Waals surface area contributed by atoms with E-state index in [1.165, 1.54) is 45.2 Å². The second-order valence-electron chi connectivity index (χ2n) is 7.13. The summed E-state index contributed by atoms with van der Waals surface area (Å²) in [4.78, 5) is 14.8. The molecular weight excluding hydrogens is 298 g/mol. The maximum atomic E-state index is 12.2. The molecule has 3 rings (SSSR count). The Morgan fingerprint density at radius 2 is 1.96 bits per heavy atom. The van der Waals surface area contributed by atoms with Crippen LogP contribution in [0.5, 0.6) is 0 Å². The number of nitrogens with zero attached hydrogens (tertiary/aromatic N) is 2. The van der Waals surface area contributed by atoms with Crippen molar-refractivity contribution in [1.29, 1.82) is 5.26 Å². The van der Waals surface area contributed by atoms with E-state index in [0.29, 0.717) is 24.4 Å². The van der Waals surface area contributed by atoms with Gasteiger partial charge in [-0.3, -0.25) is 4.79 Å². The molecule has 0 bridgehead atoms. The van der Waals surface area contributed by atoms with Gasteiger partial charge in [-0.25, -0.2) is 0 Å². The maximum absolute atomic E-state index is 12.2. The predicted molar refractivity (Wildman–Crippen MR) is 94.2 cm³/mol. The molecule has 0 aliphatic carbocycles. The third-order valence-electron chi connectivity index (χ3n) is 5.54. The van der Waals surface area contributed by atoms with Gasteiger partial charge in [0, 0.05) is 19.0 Å². The van der Waals surface area contributed by atoms with Crippen LogP contribution < -0.4 is 5.32 Å². The second-order valence-corrected chi connectivity index (χ2v) is 7.13. The topological polar surface area (TPSA) is 56.1 Å². The van der Waals surface area contributed by atoms with Crippen LogP contribution >= 0.6 is 0 Å². The number of hydrogen-bond acceptors (Lipinski definition) is 3. The first-order valence-corrected chi connectivity index (χ1v) is 9.26. The zero-order chi connectivity index (χ0) is 16.8. The molecule has 2 aliphatic heterocycles. The van der Waals surface area contributed by atoms with Crippen LogP contribution in [0.15, 0.2) is 24.3 Å². The minimum absolute atomic E-state index is 0.146. The van der Waals surface area contributed by atoms with Gasteiger partial charge in [0.25, 0.3) is 0 Å². The number of fused-ring (bicyclic) bond motifs is 1. The number of nitrogens with one attached hydrogen (secondary N) is 1. The van der Waals surface area contributed by atoms with Crippen LogP contribution in [-0.4, -0.2) is 29.9 Å². The van der Waals surface area contributed by atoms with Crippen LogP contribution in [0.4, 0.5) is 0 Å². The van der Waals surface area contributed by atoms with Crippen molar-refractivity contribution in [3.05, 3.63) is 35.4 Å². The minimum atomic E-state index is 0.146. The fraction of sp³-hybridized carbons (Fsp3) is 0.600. The lowest BCUT2D eigenvalue weighted by molar-refractivity contribution is -0.121. The summed E-state index contributed by atoms with van der Waals surface area (Å²) < 4.78 is 0. The molecule has 0 saturated carbocycles. The average molecular weight is 325 g/mol. The molecule has 0 spiro atoms. The van der Waals surface area contributed by atoms with Gasteiger partial charge in [-0.15, -0.1) is 0 Å². The highest BCUT2D eigenvalue weighted by Gasteiger charge is 2.32. The fourth-order valence-electron chi connectivity index (χ4n) is 4.22. The standard InChI is InChI=1S/C20H27N3O/c21-14-16-6-8-17(9-7-16)15-22-20(24)11-10-18-4-3-13-23-12-2-1-5-19(18)23/h6-9,18-19H,1-5,10-13,15H2,(H,22,24)/t18?,19-/m0/s1. The Hall–Kier alpha value is -1.86. The number of hydrogen-bond donors (Lipinski definition) is 1. The Morgan fingerprint density at radius 1 is 1.17 bits per heavy atom. The van der Waals surface area contributed by atoms with Gasteiger partial charge in [0.15, 0.2) is 0 Å². The monoisotopic (exact) mass is 325 g/mol. The Kier molecular flexibility index (Phi) is 5.87. The molecule has 2 heterocycles. The van der Waals surface area contributed by atoms with E-state index in [1.54, 1.807) is 12.1 Å². The molecule has 2 aliphatic rings. The van der Waals surface area contributed by atoms with Crippen molar-refractivity contribution in [3.8, 4) is 6.07 Å². The van der Waals surface area contributed by atoms with Gasteiger partial charge in [0.1, 0.15) is 0 Å². The average Bonchev–Trinajstić information content (AvgIpc) is 2.65. The van der Waals surface area contributed by atoms with Gasteiger partial charge < -0.3 is 10.2 Å². The molecule has 2 atom stereocenters. The lowest BCUT2D eigenvalue weighted by atomic mass is 9.81. The Morgan fingerprint density at radius 3 is 2.75 bits per heavy atom. The quantitative estimate of drug-likeness (QED) is 0.904. The molecule has 0 aromatic heterocycles. The molecule has 1 N–H and O–H groups in total. The zero-order valence-electron chi connectivity index (χ0n) is 14.3. The summed E-state index contributed by atoms with van der Waals surface area (Å²) in [5.74, 6) is 0.840. The molecule has 0 radical (unpaired) electrons. The van der Waals surface area contributed by atoms with E-state index in [1.807, 2.05) is 12.1 Å². The van der Waals surface area contributed by atoms with Gasteiger partial charge >= 0.3 is 0 Å². The van der Waals surface area contributed by atoms with Crippen molar-refractivity contribution in [2.24, 2.45) is 5.92 Å². The molecule has 2 fully saturated rings. The smallest absolute Gasteiger partial charge is 0.220 e. The van der Waals surface area contributed by atoms with E-state index in [0.717, 1.165) is 18.0 Å². The van der Waals surface area contributed by atoms with Crippen LogP contribution in [0.25, 0.3) is 0 Å². The van der Waals surface area contributed by atoms with E-state index >= 15 is 0 Å². The molecular formula is C20H27N3O. The predicted octanol–water partition coefficient (Wildman–Crippen LogP) is 3.22. The lowest BCUT2D eigenvalue weighted by Gasteiger charge is -2.44. The van der Waals surface area contributed by atoms with Crippen molar-refractivity contribution < 1.29 is 4.79 Å². The first-order chi connectivity index (χ1) is 11.8. The number of nitriles is 1. The normalized spacial score (nSPS) is 24.0. The Bertz CT molecular complexity index is 588. The molecule has 1 amide bonds. The van der Waals surface area contributed by atoms with E-state index in [4.69, 9.17) is 5.26 Å². The van der Waals surface area contributed by atoms with Crippen LogP contribution in [0.1, 0.15) is 56.1 Å². The summed E-state index contributed by atoms with van der Waals surface area (Å²) in [7, 11) is 0. The third-order valence-corrected chi connectivity index (χ3v) is 5.54. The highest BCUT2D eigenvalue weighted by Crippen LogP contribution is 2.33. The molecule has 4 heteroatoms. The summed E-state index contributed by atoms with van der Waals surface area (Å²) >= 11 is 0. The number of benzene rings is 1. The van der Waals surface area contributed by atoms with Crippen molar-refractivity contribution in [1.82, 2.24) is 10.2 Å². The molecule has 1 aromatic rings. The van der Waals surface area contributed by atoms with E-state index in [-0.39, 0.29) is 5.91 Å². The van der Waals surface area contributed by atoms with E-state index in [2.05, 4.69) is 16.3 Å². The molecule has 4 nitrogen and oxygen atoms in total. The third kappa shape index (κ3) is 4.36. The van der Waals surface area contributed by atoms with Crippen LogP contribution in [0.2, 0.25) is 0 Å². The molecule has 128 valence electrons. The minimum Gasteiger partial charge on any atom is -0.352 e. The number of amides is 1. The van der Waals surface area contributed by atoms with Crippen molar-refractivity contribution >= 4 is 5.91 Å². The van der Waals surface area contributed by atoms with E-state index in [9.17, 15) is 4.79 Å². The van der Waals surface area contributed by atoms with E-state index < -0.39 is 0 Å². The van der Waals surface area contributed by atoms with Crippen molar-refractivity contribution in [2.45, 2.75) is 57.5 Å². The molecule has 1 aromatic carbocycles. The van der Waals surface area contributed by atoms with Gasteiger partial charge in [0.05, 0.1) is 11.6 Å². The first kappa shape index (κ1) is 17.0. The number of piperidine rings is 2. The maximum Gasteiger partial charge on any atom is 0.220 e. The van der Waals surface area contributed by atoms with Crippen LogP contribution in [0, 0.1) is 17.2 Å². The molecule has 2 saturated heterocycles. The second kappa shape index (κ2) is 8.30. The first-order valence-electron chi connectivity index (χ1n) is 9.26. The van der Waals surface area contributed by atoms with Crippen LogP contribution in [-0.2, 0) is 11.3 Å². The fourth-order valence-corrected chi connectivity index (χ4v) is 4.22. The van der Waals surface area contributed by atoms with Crippen molar-refractivity contribution in [3.63, 3.8) is 0 Å². The number of carbonyl (C=O) groups excluding carboxylic acids is 1. The molecule has 1 unspecified atom stereocenters. The SMILES string of the molecule is N#Cc1ccc(CNC(=O)CCC2CCCN3CCCC[C@@H]23)cc1. The largest absolute Gasteiger partial charge is 0.352 e. The summed E-state index contributed by atoms with van der Waals surface area (Å²) in [6, 6.07) is 10.2. The number of rotatable bonds is 5. The van der Waals surface area contributed by atoms with Crippen LogP contribution in [0.3, 0.4) is 0 Å². The zero-order valence-corrected chi connectivity index (χ0v) is 14.3. The van der Waals surface area contributed by atoms with Gasteiger partial charge in [0.2, 0.25) is 5.91 Å². The summed E-state index contributed by atoms with van der Waals surface area (Å²) in [6.45, 7) is 3.06. The van der Waals surface area contributed by atoms with Gasteiger partial charge in [-0.2, -0.15) is 5.26 Å². The highest BCUT2D eigenvalue weighted by atomic mass is 16.1.